The Labute approximate surface area is 130 Å². The van der Waals surface area contributed by atoms with E-state index in [2.05, 4.69) is 10.3 Å². The lowest BCUT2D eigenvalue weighted by molar-refractivity contribution is -0.141. The monoisotopic (exact) mass is 327 g/mol. The number of aromatic nitrogens is 1. The van der Waals surface area contributed by atoms with E-state index in [1.807, 2.05) is 29.2 Å². The fourth-order valence-corrected chi connectivity index (χ4v) is 3.63. The Bertz CT molecular complexity index is 666. The first-order valence-electron chi connectivity index (χ1n) is 7.02. The molecule has 2 heterocycles. The second-order valence-corrected chi connectivity index (χ2v) is 6.52. The maximum absolute atomic E-state index is 13.1. The van der Waals surface area contributed by atoms with Gasteiger partial charge in [0.25, 0.3) is 0 Å². The summed E-state index contributed by atoms with van der Waals surface area (Å²) in [5.41, 5.74) is 1.35. The molecule has 0 fully saturated rings. The molecule has 3 nitrogen and oxygen atoms in total. The highest BCUT2D eigenvalue weighted by Crippen LogP contribution is 2.36. The molecule has 0 spiro atoms. The number of para-hydroxylation sites is 1. The Balaban J connectivity index is 1.94. The summed E-state index contributed by atoms with van der Waals surface area (Å²) >= 11 is 1.12. The predicted molar refractivity (Wildman–Crippen MR) is 81.1 cm³/mol. The lowest BCUT2D eigenvalue weighted by Gasteiger charge is -2.24. The molecule has 1 aromatic carbocycles. The van der Waals surface area contributed by atoms with Crippen molar-refractivity contribution >= 4 is 17.0 Å². The Kier molecular flexibility index (Phi) is 4.10. The van der Waals surface area contributed by atoms with Gasteiger partial charge in [0.1, 0.15) is 0 Å². The molecule has 1 aliphatic rings. The number of nitrogens with zero attached hydrogens (tertiary/aromatic N) is 2. The van der Waals surface area contributed by atoms with Gasteiger partial charge in [-0.15, -0.1) is 11.3 Å². The molecule has 0 saturated heterocycles. The fourth-order valence-electron chi connectivity index (χ4n) is 2.66. The number of halogens is 3. The normalized spacial score (nSPS) is 15.5. The minimum atomic E-state index is -4.40. The third-order valence-corrected chi connectivity index (χ3v) is 4.57. The number of benzene rings is 1. The molecule has 0 amide bonds. The van der Waals surface area contributed by atoms with Crippen LogP contribution in [0.15, 0.2) is 24.3 Å². The Hall–Kier alpha value is -1.60. The van der Waals surface area contributed by atoms with Gasteiger partial charge in [0.15, 0.2) is 5.69 Å². The number of hydrogen-bond donors (Lipinski definition) is 1. The molecule has 1 aliphatic heterocycles. The van der Waals surface area contributed by atoms with Crippen LogP contribution in [0, 0.1) is 6.92 Å². The van der Waals surface area contributed by atoms with E-state index in [1.54, 1.807) is 6.92 Å². The van der Waals surface area contributed by atoms with Crippen molar-refractivity contribution < 1.29 is 13.2 Å². The minimum Gasteiger partial charge on any atom is -0.365 e. The molecule has 0 bridgehead atoms. The summed E-state index contributed by atoms with van der Waals surface area (Å²) in [5.74, 6) is 0. The summed E-state index contributed by atoms with van der Waals surface area (Å²) in [7, 11) is 0. The van der Waals surface area contributed by atoms with E-state index >= 15 is 0 Å². The second-order valence-electron chi connectivity index (χ2n) is 5.23. The average molecular weight is 327 g/mol. The van der Waals surface area contributed by atoms with Crippen molar-refractivity contribution in [2.75, 3.05) is 18.0 Å². The summed E-state index contributed by atoms with van der Waals surface area (Å²) in [5, 5.41) is 3.74. The van der Waals surface area contributed by atoms with Gasteiger partial charge in [0.2, 0.25) is 0 Å². The van der Waals surface area contributed by atoms with Gasteiger partial charge in [-0.3, -0.25) is 0 Å². The highest BCUT2D eigenvalue weighted by molar-refractivity contribution is 7.11. The number of nitrogens with one attached hydrogen (secondary N) is 1. The van der Waals surface area contributed by atoms with E-state index in [-0.39, 0.29) is 11.4 Å². The number of hydrogen-bond acceptors (Lipinski definition) is 4. The molecule has 2 aromatic rings. The molecule has 0 aliphatic carbocycles. The highest BCUT2D eigenvalue weighted by atomic mass is 32.1. The molecule has 1 N–H and O–H groups in total. The van der Waals surface area contributed by atoms with Crippen molar-refractivity contribution in [1.29, 1.82) is 0 Å². The van der Waals surface area contributed by atoms with Crippen molar-refractivity contribution in [3.05, 3.63) is 45.4 Å². The van der Waals surface area contributed by atoms with Crippen molar-refractivity contribution in [2.45, 2.75) is 26.2 Å². The van der Waals surface area contributed by atoms with Crippen LogP contribution < -0.4 is 10.2 Å². The first-order chi connectivity index (χ1) is 10.4. The van der Waals surface area contributed by atoms with Gasteiger partial charge in [-0.2, -0.15) is 13.2 Å². The zero-order valence-corrected chi connectivity index (χ0v) is 12.9. The Morgan fingerprint density at radius 3 is 2.86 bits per heavy atom. The van der Waals surface area contributed by atoms with E-state index in [0.717, 1.165) is 35.7 Å². The molecule has 3 rings (SSSR count). The second kappa shape index (κ2) is 5.89. The third kappa shape index (κ3) is 3.10. The summed E-state index contributed by atoms with van der Waals surface area (Å²) in [6.45, 7) is 4.00. The van der Waals surface area contributed by atoms with Crippen LogP contribution in [0.3, 0.4) is 0 Å². The lowest BCUT2D eigenvalue weighted by atomic mass is 10.1. The Morgan fingerprint density at radius 1 is 1.32 bits per heavy atom. The fraction of sp³-hybridized carbons (Fsp3) is 0.400. The number of alkyl halides is 3. The van der Waals surface area contributed by atoms with Crippen LogP contribution in [0.4, 0.5) is 18.9 Å². The van der Waals surface area contributed by atoms with Crippen LogP contribution in [0.25, 0.3) is 0 Å². The smallest absolute Gasteiger partial charge is 0.365 e. The molecule has 118 valence electrons. The minimum absolute atomic E-state index is 0.235. The van der Waals surface area contributed by atoms with Gasteiger partial charge in [0.05, 0.1) is 16.4 Å². The summed E-state index contributed by atoms with van der Waals surface area (Å²) in [6, 6.07) is 7.83. The van der Waals surface area contributed by atoms with Crippen LogP contribution in [0.1, 0.15) is 21.1 Å². The van der Waals surface area contributed by atoms with E-state index in [0.29, 0.717) is 11.6 Å². The van der Waals surface area contributed by atoms with Gasteiger partial charge < -0.3 is 10.2 Å². The quantitative estimate of drug-likeness (QED) is 0.914. The number of thiazole rings is 1. The zero-order valence-electron chi connectivity index (χ0n) is 12.1. The molecule has 0 saturated carbocycles. The van der Waals surface area contributed by atoms with E-state index < -0.39 is 11.9 Å². The number of fused-ring (bicyclic) bond motifs is 1. The number of aryl methyl sites for hydroxylation is 1. The first kappa shape index (κ1) is 15.3. The van der Waals surface area contributed by atoms with Crippen molar-refractivity contribution in [2.24, 2.45) is 0 Å². The maximum Gasteiger partial charge on any atom is 0.434 e. The molecule has 7 heteroatoms. The largest absolute Gasteiger partial charge is 0.434 e. The molecule has 0 radical (unpaired) electrons. The summed E-state index contributed by atoms with van der Waals surface area (Å²) < 4.78 is 39.3. The molecule has 22 heavy (non-hydrogen) atoms. The molecule has 1 aromatic heterocycles. The number of anilines is 1. The highest BCUT2D eigenvalue weighted by Gasteiger charge is 2.37. The maximum atomic E-state index is 13.1. The average Bonchev–Trinajstić information content (AvgIpc) is 2.72. The van der Waals surface area contributed by atoms with Crippen LogP contribution in [-0.2, 0) is 19.3 Å². The van der Waals surface area contributed by atoms with Gasteiger partial charge >= 0.3 is 6.18 Å². The van der Waals surface area contributed by atoms with Gasteiger partial charge in [0, 0.05) is 25.3 Å². The van der Waals surface area contributed by atoms with Crippen molar-refractivity contribution in [3.8, 4) is 0 Å². The molecule has 0 unspecified atom stereocenters. The topological polar surface area (TPSA) is 28.2 Å². The van der Waals surface area contributed by atoms with Crippen LogP contribution in [0.2, 0.25) is 0 Å². The SMILES string of the molecule is Cc1nc(C(F)(F)F)c(CN2CCNCc3ccccc32)s1. The lowest BCUT2D eigenvalue weighted by Crippen LogP contribution is -2.28. The van der Waals surface area contributed by atoms with Gasteiger partial charge in [-0.05, 0) is 18.6 Å². The Morgan fingerprint density at radius 2 is 2.09 bits per heavy atom. The van der Waals surface area contributed by atoms with E-state index in [9.17, 15) is 13.2 Å². The van der Waals surface area contributed by atoms with Crippen molar-refractivity contribution in [1.82, 2.24) is 10.3 Å². The first-order valence-corrected chi connectivity index (χ1v) is 7.84. The molecule has 0 atom stereocenters. The molecular weight excluding hydrogens is 311 g/mol. The molecular formula is C15H16F3N3S. The van der Waals surface area contributed by atoms with Crippen molar-refractivity contribution in [3.63, 3.8) is 0 Å². The van der Waals surface area contributed by atoms with E-state index in [1.165, 1.54) is 0 Å². The standard InChI is InChI=1S/C15H16F3N3S/c1-10-20-14(15(16,17)18)13(22-10)9-21-7-6-19-8-11-4-2-3-5-12(11)21/h2-5,19H,6-9H2,1H3. The van der Waals surface area contributed by atoms with E-state index in [4.69, 9.17) is 0 Å². The van der Waals surface area contributed by atoms with Crippen LogP contribution in [0.5, 0.6) is 0 Å². The predicted octanol–water partition coefficient (Wildman–Crippen LogP) is 3.58. The van der Waals surface area contributed by atoms with Crippen LogP contribution >= 0.6 is 11.3 Å². The zero-order chi connectivity index (χ0) is 15.7. The van der Waals surface area contributed by atoms with Gasteiger partial charge in [-0.1, -0.05) is 18.2 Å². The third-order valence-electron chi connectivity index (χ3n) is 3.61. The van der Waals surface area contributed by atoms with Crippen LogP contribution in [-0.4, -0.2) is 18.1 Å². The summed E-state index contributed by atoms with van der Waals surface area (Å²) in [4.78, 5) is 5.95. The number of rotatable bonds is 2. The van der Waals surface area contributed by atoms with Gasteiger partial charge in [-0.25, -0.2) is 4.98 Å². The summed E-state index contributed by atoms with van der Waals surface area (Å²) in [6.07, 6.45) is -4.40.